The lowest BCUT2D eigenvalue weighted by Crippen LogP contribution is -2.30. The van der Waals surface area contributed by atoms with Gasteiger partial charge in [-0.15, -0.1) is 5.10 Å². The van der Waals surface area contributed by atoms with Crippen molar-refractivity contribution < 1.29 is 14.6 Å². The van der Waals surface area contributed by atoms with Gasteiger partial charge in [0.15, 0.2) is 11.2 Å². The zero-order valence-corrected chi connectivity index (χ0v) is 17.8. The van der Waals surface area contributed by atoms with Crippen LogP contribution in [0, 0.1) is 11.8 Å². The molecule has 1 aliphatic carbocycles. The number of fused-ring (bicyclic) bond motifs is 1. The number of anilines is 1. The summed E-state index contributed by atoms with van der Waals surface area (Å²) >= 11 is 0. The third-order valence-electron chi connectivity index (χ3n) is 6.33. The van der Waals surface area contributed by atoms with Crippen molar-refractivity contribution in [3.05, 3.63) is 30.5 Å². The molecule has 1 saturated carbocycles. The van der Waals surface area contributed by atoms with Gasteiger partial charge in [0, 0.05) is 6.04 Å². The van der Waals surface area contributed by atoms with E-state index in [4.69, 9.17) is 4.74 Å². The van der Waals surface area contributed by atoms with Gasteiger partial charge >= 0.3 is 5.97 Å². The van der Waals surface area contributed by atoms with Crippen LogP contribution >= 0.6 is 0 Å². The predicted molar refractivity (Wildman–Crippen MR) is 118 cm³/mol. The smallest absolute Gasteiger partial charge is 0.306 e. The van der Waals surface area contributed by atoms with Crippen molar-refractivity contribution in [2.24, 2.45) is 11.8 Å². The van der Waals surface area contributed by atoms with Crippen molar-refractivity contribution in [1.29, 1.82) is 0 Å². The van der Waals surface area contributed by atoms with Crippen LogP contribution in [0.1, 0.15) is 32.1 Å². The van der Waals surface area contributed by atoms with Crippen LogP contribution in [0.5, 0.6) is 5.75 Å². The standard InChI is InChI=1S/C22H27N7O3/c30-21(31)15-1-2-16(11-15)25-22-24-12-19-20(26-22)29(28-27-19)17-3-5-18(6-4-17)32-13-14-7-9-23-10-8-14/h3-6,12,14-16,23H,1-2,7-11,13H2,(H,30,31)(H,24,25,26)/t15-,16-/m1/s1. The molecule has 0 amide bonds. The second-order valence-electron chi connectivity index (χ2n) is 8.59. The predicted octanol–water partition coefficient (Wildman–Crippen LogP) is 2.25. The molecule has 0 unspecified atom stereocenters. The molecule has 0 radical (unpaired) electrons. The Morgan fingerprint density at radius 3 is 2.75 bits per heavy atom. The minimum Gasteiger partial charge on any atom is -0.493 e. The minimum absolute atomic E-state index is 0.0502. The van der Waals surface area contributed by atoms with E-state index in [2.05, 4.69) is 30.9 Å². The van der Waals surface area contributed by atoms with E-state index in [0.29, 0.717) is 35.9 Å². The Hall–Kier alpha value is -3.27. The number of carboxylic acids is 1. The average Bonchev–Trinajstić information content (AvgIpc) is 3.46. The second kappa shape index (κ2) is 9.07. The number of aliphatic carboxylic acids is 1. The van der Waals surface area contributed by atoms with Gasteiger partial charge in [0.2, 0.25) is 5.95 Å². The summed E-state index contributed by atoms with van der Waals surface area (Å²) < 4.78 is 7.65. The van der Waals surface area contributed by atoms with Gasteiger partial charge in [-0.1, -0.05) is 5.21 Å². The van der Waals surface area contributed by atoms with Gasteiger partial charge in [-0.3, -0.25) is 4.79 Å². The SMILES string of the molecule is O=C(O)[C@@H]1CC[C@@H](Nc2ncc3nnn(-c4ccc(OCC5CCNCC5)cc4)c3n2)C1. The molecular formula is C22H27N7O3. The summed E-state index contributed by atoms with van der Waals surface area (Å²) in [5.41, 5.74) is 2.02. The molecule has 168 valence electrons. The largest absolute Gasteiger partial charge is 0.493 e. The van der Waals surface area contributed by atoms with Crippen LogP contribution in [-0.4, -0.2) is 61.8 Å². The van der Waals surface area contributed by atoms with Gasteiger partial charge in [0.05, 0.1) is 24.4 Å². The summed E-state index contributed by atoms with van der Waals surface area (Å²) in [7, 11) is 0. The number of nitrogens with zero attached hydrogens (tertiary/aromatic N) is 5. The number of rotatable bonds is 7. The molecule has 1 saturated heterocycles. The molecule has 2 aliphatic rings. The van der Waals surface area contributed by atoms with E-state index in [-0.39, 0.29) is 12.0 Å². The Morgan fingerprint density at radius 2 is 2.00 bits per heavy atom. The Balaban J connectivity index is 1.27. The van der Waals surface area contributed by atoms with Crippen molar-refractivity contribution in [2.75, 3.05) is 25.0 Å². The summed E-state index contributed by atoms with van der Waals surface area (Å²) in [6.07, 6.45) is 5.96. The lowest BCUT2D eigenvalue weighted by atomic mass is 9.99. The zero-order valence-electron chi connectivity index (χ0n) is 17.8. The number of carboxylic acid groups (broad SMARTS) is 1. The summed E-state index contributed by atoms with van der Waals surface area (Å²) in [5.74, 6) is 0.848. The Morgan fingerprint density at radius 1 is 1.19 bits per heavy atom. The number of ether oxygens (including phenoxy) is 1. The molecular weight excluding hydrogens is 410 g/mol. The fraction of sp³-hybridized carbons (Fsp3) is 0.500. The lowest BCUT2D eigenvalue weighted by molar-refractivity contribution is -0.141. The molecule has 32 heavy (non-hydrogen) atoms. The van der Waals surface area contributed by atoms with E-state index in [1.54, 1.807) is 10.9 Å². The molecule has 1 aliphatic heterocycles. The molecule has 1 aromatic carbocycles. The van der Waals surface area contributed by atoms with E-state index in [1.807, 2.05) is 24.3 Å². The number of nitrogens with one attached hydrogen (secondary N) is 2. The maximum Gasteiger partial charge on any atom is 0.306 e. The Labute approximate surface area is 185 Å². The highest BCUT2D eigenvalue weighted by molar-refractivity contribution is 5.72. The number of piperidine rings is 1. The van der Waals surface area contributed by atoms with Crippen molar-refractivity contribution in [2.45, 2.75) is 38.1 Å². The third kappa shape index (κ3) is 4.50. The monoisotopic (exact) mass is 437 g/mol. The fourth-order valence-electron chi connectivity index (χ4n) is 4.44. The third-order valence-corrected chi connectivity index (χ3v) is 6.33. The number of hydrogen-bond acceptors (Lipinski definition) is 8. The van der Waals surface area contributed by atoms with Crippen LogP contribution in [0.4, 0.5) is 5.95 Å². The van der Waals surface area contributed by atoms with Crippen LogP contribution in [0.15, 0.2) is 30.5 Å². The molecule has 3 heterocycles. The van der Waals surface area contributed by atoms with Crippen LogP contribution in [0.2, 0.25) is 0 Å². The second-order valence-corrected chi connectivity index (χ2v) is 8.59. The minimum atomic E-state index is -0.740. The quantitative estimate of drug-likeness (QED) is 0.510. The first-order valence-corrected chi connectivity index (χ1v) is 11.2. The maximum atomic E-state index is 11.2. The molecule has 10 nitrogen and oxygen atoms in total. The van der Waals surface area contributed by atoms with E-state index in [0.717, 1.165) is 50.4 Å². The van der Waals surface area contributed by atoms with Crippen LogP contribution < -0.4 is 15.4 Å². The topological polar surface area (TPSA) is 127 Å². The normalized spacial score (nSPS) is 21.6. The van der Waals surface area contributed by atoms with Crippen LogP contribution in [0.25, 0.3) is 16.9 Å². The summed E-state index contributed by atoms with van der Waals surface area (Å²) in [6.45, 7) is 2.86. The summed E-state index contributed by atoms with van der Waals surface area (Å²) in [4.78, 5) is 20.1. The molecule has 3 aromatic rings. The summed E-state index contributed by atoms with van der Waals surface area (Å²) in [5, 5.41) is 24.2. The van der Waals surface area contributed by atoms with Crippen molar-refractivity contribution in [1.82, 2.24) is 30.3 Å². The first-order valence-electron chi connectivity index (χ1n) is 11.2. The fourth-order valence-corrected chi connectivity index (χ4v) is 4.44. The van der Waals surface area contributed by atoms with E-state index < -0.39 is 5.97 Å². The molecule has 0 spiro atoms. The number of aromatic nitrogens is 5. The van der Waals surface area contributed by atoms with Gasteiger partial charge in [0.1, 0.15) is 5.75 Å². The molecule has 10 heteroatoms. The number of carbonyl (C=O) groups is 1. The lowest BCUT2D eigenvalue weighted by Gasteiger charge is -2.22. The molecule has 5 rings (SSSR count). The zero-order chi connectivity index (χ0) is 21.9. The highest BCUT2D eigenvalue weighted by atomic mass is 16.5. The maximum absolute atomic E-state index is 11.2. The van der Waals surface area contributed by atoms with Crippen molar-refractivity contribution in [3.8, 4) is 11.4 Å². The Bertz CT molecular complexity index is 1080. The molecule has 0 bridgehead atoms. The van der Waals surface area contributed by atoms with Gasteiger partial charge in [0.25, 0.3) is 0 Å². The first kappa shape index (κ1) is 20.6. The average molecular weight is 438 g/mol. The molecule has 2 atom stereocenters. The molecule has 3 N–H and O–H groups in total. The molecule has 2 aromatic heterocycles. The van der Waals surface area contributed by atoms with Gasteiger partial charge < -0.3 is 20.5 Å². The first-order chi connectivity index (χ1) is 15.7. The number of hydrogen-bond donors (Lipinski definition) is 3. The van der Waals surface area contributed by atoms with Gasteiger partial charge in [-0.2, -0.15) is 9.67 Å². The van der Waals surface area contributed by atoms with Gasteiger partial charge in [-0.25, -0.2) is 4.98 Å². The Kier molecular flexibility index (Phi) is 5.85. The highest BCUT2D eigenvalue weighted by Gasteiger charge is 2.30. The van der Waals surface area contributed by atoms with Gasteiger partial charge in [-0.05, 0) is 75.4 Å². The van der Waals surface area contributed by atoms with Crippen molar-refractivity contribution in [3.63, 3.8) is 0 Å². The van der Waals surface area contributed by atoms with E-state index >= 15 is 0 Å². The van der Waals surface area contributed by atoms with Crippen LogP contribution in [0.3, 0.4) is 0 Å². The van der Waals surface area contributed by atoms with Crippen LogP contribution in [-0.2, 0) is 4.79 Å². The van der Waals surface area contributed by atoms with Crippen molar-refractivity contribution >= 4 is 23.1 Å². The number of benzene rings is 1. The van der Waals surface area contributed by atoms with E-state index in [9.17, 15) is 9.90 Å². The van der Waals surface area contributed by atoms with E-state index in [1.165, 1.54) is 0 Å². The molecule has 2 fully saturated rings. The highest BCUT2D eigenvalue weighted by Crippen LogP contribution is 2.28. The summed E-state index contributed by atoms with van der Waals surface area (Å²) in [6, 6.07) is 7.81.